The summed E-state index contributed by atoms with van der Waals surface area (Å²) in [5.41, 5.74) is -1.01. The van der Waals surface area contributed by atoms with Gasteiger partial charge in [0.25, 0.3) is 5.91 Å². The Balaban J connectivity index is 2.09. The van der Waals surface area contributed by atoms with E-state index in [2.05, 4.69) is 10.2 Å². The molecule has 2 rings (SSSR count). The van der Waals surface area contributed by atoms with Crippen molar-refractivity contribution in [2.75, 3.05) is 19.7 Å². The number of rotatable bonds is 3. The number of amides is 1. The fourth-order valence-corrected chi connectivity index (χ4v) is 2.61. The number of alkyl halides is 3. The predicted molar refractivity (Wildman–Crippen MR) is 68.7 cm³/mol. The second-order valence-electron chi connectivity index (χ2n) is 5.34. The molecule has 0 unspecified atom stereocenters. The van der Waals surface area contributed by atoms with Gasteiger partial charge < -0.3 is 10.0 Å². The van der Waals surface area contributed by atoms with Gasteiger partial charge in [-0.15, -0.1) is 0 Å². The van der Waals surface area contributed by atoms with Crippen LogP contribution < -0.4 is 0 Å². The standard InChI is InChI=1S/C13H18F3N3O2/c1-2-10-9(7-17-18-10)11(21)19-5-3-12(8-20,4-6-19)13(14,15)16/h7,20H,2-6,8H2,1H3,(H,17,18). The molecule has 8 heteroatoms. The lowest BCUT2D eigenvalue weighted by molar-refractivity contribution is -0.247. The average Bonchev–Trinajstić information content (AvgIpc) is 2.93. The highest BCUT2D eigenvalue weighted by Crippen LogP contribution is 2.45. The van der Waals surface area contributed by atoms with E-state index in [4.69, 9.17) is 5.11 Å². The Bertz CT molecular complexity index is 505. The third kappa shape index (κ3) is 2.76. The number of aromatic nitrogens is 2. The van der Waals surface area contributed by atoms with Crippen LogP contribution in [0, 0.1) is 5.41 Å². The van der Waals surface area contributed by atoms with Gasteiger partial charge in [0.15, 0.2) is 0 Å². The number of H-pyrrole nitrogens is 1. The molecule has 118 valence electrons. The number of likely N-dealkylation sites (tertiary alicyclic amines) is 1. The summed E-state index contributed by atoms with van der Waals surface area (Å²) >= 11 is 0. The molecule has 1 aliphatic heterocycles. The second kappa shape index (κ2) is 5.67. The molecular weight excluding hydrogens is 287 g/mol. The maximum absolute atomic E-state index is 13.0. The largest absolute Gasteiger partial charge is 0.396 e. The Morgan fingerprint density at radius 1 is 1.48 bits per heavy atom. The lowest BCUT2D eigenvalue weighted by Gasteiger charge is -2.41. The monoisotopic (exact) mass is 305 g/mol. The molecule has 0 atom stereocenters. The molecule has 1 aromatic rings. The minimum Gasteiger partial charge on any atom is -0.395 e. The Morgan fingerprint density at radius 3 is 2.57 bits per heavy atom. The van der Waals surface area contributed by atoms with E-state index in [9.17, 15) is 18.0 Å². The number of carbonyl (C=O) groups is 1. The Morgan fingerprint density at radius 2 is 2.10 bits per heavy atom. The molecule has 1 aliphatic rings. The van der Waals surface area contributed by atoms with E-state index >= 15 is 0 Å². The number of aryl methyl sites for hydroxylation is 1. The van der Waals surface area contributed by atoms with Gasteiger partial charge in [0.05, 0.1) is 23.8 Å². The summed E-state index contributed by atoms with van der Waals surface area (Å²) in [5.74, 6) is -0.311. The molecule has 5 nitrogen and oxygen atoms in total. The lowest BCUT2D eigenvalue weighted by atomic mass is 9.78. The highest BCUT2D eigenvalue weighted by Gasteiger charge is 2.55. The highest BCUT2D eigenvalue weighted by atomic mass is 19.4. The van der Waals surface area contributed by atoms with Crippen LogP contribution in [0.15, 0.2) is 6.20 Å². The number of hydrogen-bond donors (Lipinski definition) is 2. The van der Waals surface area contributed by atoms with Crippen molar-refractivity contribution in [1.29, 1.82) is 0 Å². The summed E-state index contributed by atoms with van der Waals surface area (Å²) in [5, 5.41) is 15.6. The molecular formula is C13H18F3N3O2. The van der Waals surface area contributed by atoms with Gasteiger partial charge in [-0.3, -0.25) is 9.89 Å². The van der Waals surface area contributed by atoms with Gasteiger partial charge in [-0.05, 0) is 19.3 Å². The topological polar surface area (TPSA) is 69.2 Å². The molecule has 1 fully saturated rings. The maximum Gasteiger partial charge on any atom is 0.396 e. The van der Waals surface area contributed by atoms with Crippen molar-refractivity contribution >= 4 is 5.91 Å². The molecule has 0 radical (unpaired) electrons. The van der Waals surface area contributed by atoms with E-state index in [0.29, 0.717) is 17.7 Å². The molecule has 21 heavy (non-hydrogen) atoms. The smallest absolute Gasteiger partial charge is 0.395 e. The van der Waals surface area contributed by atoms with E-state index in [-0.39, 0.29) is 31.8 Å². The van der Waals surface area contributed by atoms with Crippen LogP contribution in [0.4, 0.5) is 13.2 Å². The summed E-state index contributed by atoms with van der Waals surface area (Å²) in [6.07, 6.45) is -3.02. The van der Waals surface area contributed by atoms with Crippen molar-refractivity contribution in [1.82, 2.24) is 15.1 Å². The normalized spacial score (nSPS) is 18.8. The quantitative estimate of drug-likeness (QED) is 0.894. The zero-order valence-electron chi connectivity index (χ0n) is 11.7. The van der Waals surface area contributed by atoms with Crippen molar-refractivity contribution in [3.8, 4) is 0 Å². The van der Waals surface area contributed by atoms with Crippen molar-refractivity contribution < 1.29 is 23.1 Å². The summed E-state index contributed by atoms with van der Waals surface area (Å²) in [6.45, 7) is 0.881. The number of aromatic amines is 1. The van der Waals surface area contributed by atoms with Crippen LogP contribution >= 0.6 is 0 Å². The van der Waals surface area contributed by atoms with Crippen LogP contribution in [0.1, 0.15) is 35.8 Å². The predicted octanol–water partition coefficient (Wildman–Crippen LogP) is 1.75. The van der Waals surface area contributed by atoms with E-state index in [1.54, 1.807) is 0 Å². The third-order valence-electron chi connectivity index (χ3n) is 4.21. The first-order valence-electron chi connectivity index (χ1n) is 6.84. The van der Waals surface area contributed by atoms with Crippen LogP contribution in [-0.4, -0.2) is 52.0 Å². The summed E-state index contributed by atoms with van der Waals surface area (Å²) in [7, 11) is 0. The number of hydrogen-bond acceptors (Lipinski definition) is 3. The summed E-state index contributed by atoms with van der Waals surface area (Å²) in [4.78, 5) is 13.7. The van der Waals surface area contributed by atoms with Crippen molar-refractivity contribution in [2.24, 2.45) is 5.41 Å². The van der Waals surface area contributed by atoms with Crippen molar-refractivity contribution in [2.45, 2.75) is 32.4 Å². The van der Waals surface area contributed by atoms with Gasteiger partial charge >= 0.3 is 6.18 Å². The van der Waals surface area contributed by atoms with Gasteiger partial charge in [0.1, 0.15) is 0 Å². The molecule has 1 amide bonds. The minimum absolute atomic E-state index is 0.0206. The number of nitrogens with one attached hydrogen (secondary N) is 1. The van der Waals surface area contributed by atoms with E-state index in [0.717, 1.165) is 0 Å². The zero-order chi connectivity index (χ0) is 15.7. The van der Waals surface area contributed by atoms with Crippen LogP contribution in [0.3, 0.4) is 0 Å². The van der Waals surface area contributed by atoms with Crippen molar-refractivity contribution in [3.63, 3.8) is 0 Å². The zero-order valence-corrected chi connectivity index (χ0v) is 11.7. The SMILES string of the molecule is CCc1[nH]ncc1C(=O)N1CCC(CO)(C(F)(F)F)CC1. The van der Waals surface area contributed by atoms with Gasteiger partial charge in [-0.25, -0.2) is 0 Å². The minimum atomic E-state index is -4.46. The van der Waals surface area contributed by atoms with E-state index in [1.807, 2.05) is 6.92 Å². The van der Waals surface area contributed by atoms with Crippen molar-refractivity contribution in [3.05, 3.63) is 17.5 Å². The van der Waals surface area contributed by atoms with Crippen LogP contribution in [0.5, 0.6) is 0 Å². The van der Waals surface area contributed by atoms with Gasteiger partial charge in [-0.2, -0.15) is 18.3 Å². The maximum atomic E-state index is 13.0. The first-order valence-corrected chi connectivity index (χ1v) is 6.84. The van der Waals surface area contributed by atoms with Crippen LogP contribution in [0.25, 0.3) is 0 Å². The fourth-order valence-electron chi connectivity index (χ4n) is 2.61. The molecule has 1 aromatic heterocycles. The first kappa shape index (κ1) is 15.8. The van der Waals surface area contributed by atoms with Gasteiger partial charge in [0, 0.05) is 18.8 Å². The Hall–Kier alpha value is -1.57. The van der Waals surface area contributed by atoms with Crippen LogP contribution in [0.2, 0.25) is 0 Å². The number of aliphatic hydroxyl groups is 1. The first-order chi connectivity index (χ1) is 9.84. The second-order valence-corrected chi connectivity index (χ2v) is 5.34. The summed E-state index contributed by atoms with van der Waals surface area (Å²) < 4.78 is 39.1. The lowest BCUT2D eigenvalue weighted by Crippen LogP contribution is -2.51. The number of halogens is 3. The molecule has 0 aliphatic carbocycles. The molecule has 0 spiro atoms. The number of nitrogens with zero attached hydrogens (tertiary/aromatic N) is 2. The van der Waals surface area contributed by atoms with Crippen LogP contribution in [-0.2, 0) is 6.42 Å². The third-order valence-corrected chi connectivity index (χ3v) is 4.21. The molecule has 0 saturated carbocycles. The van der Waals surface area contributed by atoms with Gasteiger partial charge in [-0.1, -0.05) is 6.92 Å². The summed E-state index contributed by atoms with van der Waals surface area (Å²) in [6, 6.07) is 0. The molecule has 2 N–H and O–H groups in total. The Labute approximate surface area is 120 Å². The van der Waals surface area contributed by atoms with E-state index < -0.39 is 18.2 Å². The number of aliphatic hydroxyl groups excluding tert-OH is 1. The Kier molecular flexibility index (Phi) is 4.27. The highest BCUT2D eigenvalue weighted by molar-refractivity contribution is 5.95. The van der Waals surface area contributed by atoms with E-state index in [1.165, 1.54) is 11.1 Å². The molecule has 2 heterocycles. The average molecular weight is 305 g/mol. The fraction of sp³-hybridized carbons (Fsp3) is 0.692. The van der Waals surface area contributed by atoms with Gasteiger partial charge in [0.2, 0.25) is 0 Å². The molecule has 0 aromatic carbocycles. The molecule has 0 bridgehead atoms. The number of carbonyl (C=O) groups excluding carboxylic acids is 1. The number of piperidine rings is 1. The molecule has 1 saturated heterocycles.